The SMILES string of the molecule is O=C1c2ccccc2N[C@H](c2ccc(Cl)cc2Cl)N1C[C@H]1CCCO1. The standard InChI is InChI=1S/C19H18Cl2N2O2/c20-12-7-8-14(16(21)10-12)18-22-17-6-2-1-5-15(17)19(24)23(18)11-13-4-3-9-25-13/h1-2,5-8,10,13,18,22H,3-4,9,11H2/t13-,18+/m1/s1. The van der Waals surface area contributed by atoms with Crippen molar-refractivity contribution in [2.24, 2.45) is 0 Å². The van der Waals surface area contributed by atoms with E-state index in [1.807, 2.05) is 35.2 Å². The van der Waals surface area contributed by atoms with Crippen molar-refractivity contribution in [2.45, 2.75) is 25.1 Å². The predicted octanol–water partition coefficient (Wildman–Crippen LogP) is 4.74. The Bertz CT molecular complexity index is 806. The van der Waals surface area contributed by atoms with Gasteiger partial charge in [0.25, 0.3) is 5.91 Å². The number of ether oxygens (including phenoxy) is 1. The normalized spacial score (nSPS) is 22.6. The van der Waals surface area contributed by atoms with Crippen molar-refractivity contribution in [1.82, 2.24) is 4.90 Å². The number of nitrogens with zero attached hydrogens (tertiary/aromatic N) is 1. The average Bonchev–Trinajstić information content (AvgIpc) is 3.11. The number of rotatable bonds is 3. The maximum atomic E-state index is 13.1. The molecule has 0 saturated carbocycles. The lowest BCUT2D eigenvalue weighted by molar-refractivity contribution is 0.0427. The zero-order valence-corrected chi connectivity index (χ0v) is 15.1. The molecule has 2 aromatic carbocycles. The van der Waals surface area contributed by atoms with Crippen molar-refractivity contribution >= 4 is 34.8 Å². The summed E-state index contributed by atoms with van der Waals surface area (Å²) in [5, 5.41) is 4.56. The van der Waals surface area contributed by atoms with Crippen molar-refractivity contribution in [3.05, 3.63) is 63.6 Å². The molecule has 0 unspecified atom stereocenters. The molecule has 0 aromatic heterocycles. The highest BCUT2D eigenvalue weighted by Gasteiger charge is 2.35. The molecule has 25 heavy (non-hydrogen) atoms. The number of fused-ring (bicyclic) bond motifs is 1. The Kier molecular flexibility index (Phi) is 4.59. The van der Waals surface area contributed by atoms with E-state index in [0.717, 1.165) is 30.7 Å². The summed E-state index contributed by atoms with van der Waals surface area (Å²) in [6, 6.07) is 12.9. The molecule has 2 atom stereocenters. The van der Waals surface area contributed by atoms with E-state index < -0.39 is 0 Å². The van der Waals surface area contributed by atoms with E-state index in [9.17, 15) is 4.79 Å². The van der Waals surface area contributed by atoms with Gasteiger partial charge in [-0.25, -0.2) is 0 Å². The first kappa shape index (κ1) is 16.7. The number of nitrogens with one attached hydrogen (secondary N) is 1. The summed E-state index contributed by atoms with van der Waals surface area (Å²) >= 11 is 12.5. The second kappa shape index (κ2) is 6.87. The molecule has 4 rings (SSSR count). The van der Waals surface area contributed by atoms with E-state index in [-0.39, 0.29) is 18.2 Å². The van der Waals surface area contributed by atoms with E-state index in [4.69, 9.17) is 27.9 Å². The van der Waals surface area contributed by atoms with Crippen LogP contribution < -0.4 is 5.32 Å². The van der Waals surface area contributed by atoms with Crippen molar-refractivity contribution in [1.29, 1.82) is 0 Å². The minimum Gasteiger partial charge on any atom is -0.376 e. The molecule has 1 amide bonds. The highest BCUT2D eigenvalue weighted by Crippen LogP contribution is 2.37. The molecule has 0 bridgehead atoms. The Morgan fingerprint density at radius 3 is 2.80 bits per heavy atom. The Balaban J connectivity index is 1.74. The third-order valence-corrected chi connectivity index (χ3v) is 5.27. The lowest BCUT2D eigenvalue weighted by Gasteiger charge is -2.39. The molecule has 4 nitrogen and oxygen atoms in total. The fraction of sp³-hybridized carbons (Fsp3) is 0.316. The van der Waals surface area contributed by atoms with Gasteiger partial charge in [-0.2, -0.15) is 0 Å². The second-order valence-electron chi connectivity index (χ2n) is 6.35. The molecule has 2 aliphatic heterocycles. The van der Waals surface area contributed by atoms with Crippen LogP contribution in [0.2, 0.25) is 10.0 Å². The summed E-state index contributed by atoms with van der Waals surface area (Å²) in [4.78, 5) is 14.9. The van der Waals surface area contributed by atoms with Gasteiger partial charge in [0.1, 0.15) is 6.17 Å². The Hall–Kier alpha value is -1.75. The summed E-state index contributed by atoms with van der Waals surface area (Å²) in [6.45, 7) is 1.28. The first-order valence-electron chi connectivity index (χ1n) is 8.36. The van der Waals surface area contributed by atoms with Crippen LogP contribution in [-0.2, 0) is 4.74 Å². The van der Waals surface area contributed by atoms with Crippen LogP contribution in [0.15, 0.2) is 42.5 Å². The van der Waals surface area contributed by atoms with Gasteiger partial charge in [-0.05, 0) is 37.1 Å². The number of carbonyl (C=O) groups is 1. The summed E-state index contributed by atoms with van der Waals surface area (Å²) in [5.74, 6) is -0.0131. The van der Waals surface area contributed by atoms with Crippen LogP contribution >= 0.6 is 23.2 Å². The van der Waals surface area contributed by atoms with Gasteiger partial charge < -0.3 is 15.0 Å². The van der Waals surface area contributed by atoms with Gasteiger partial charge >= 0.3 is 0 Å². The topological polar surface area (TPSA) is 41.6 Å². The number of benzene rings is 2. The number of amides is 1. The molecule has 2 heterocycles. The first-order valence-corrected chi connectivity index (χ1v) is 9.12. The Labute approximate surface area is 156 Å². The smallest absolute Gasteiger partial charge is 0.257 e. The highest BCUT2D eigenvalue weighted by atomic mass is 35.5. The number of carbonyl (C=O) groups excluding carboxylic acids is 1. The van der Waals surface area contributed by atoms with E-state index in [2.05, 4.69) is 5.32 Å². The van der Waals surface area contributed by atoms with Crippen LogP contribution in [0.1, 0.15) is 34.9 Å². The monoisotopic (exact) mass is 376 g/mol. The minimum atomic E-state index is -0.351. The summed E-state index contributed by atoms with van der Waals surface area (Å²) in [6.07, 6.45) is 1.70. The summed E-state index contributed by atoms with van der Waals surface area (Å²) in [7, 11) is 0. The first-order chi connectivity index (χ1) is 12.1. The third-order valence-electron chi connectivity index (χ3n) is 4.70. The largest absolute Gasteiger partial charge is 0.376 e. The van der Waals surface area contributed by atoms with Crippen molar-refractivity contribution in [2.75, 3.05) is 18.5 Å². The second-order valence-corrected chi connectivity index (χ2v) is 7.19. The van der Waals surface area contributed by atoms with Crippen molar-refractivity contribution in [3.8, 4) is 0 Å². The molecule has 130 valence electrons. The van der Waals surface area contributed by atoms with Crippen LogP contribution in [0.4, 0.5) is 5.69 Å². The van der Waals surface area contributed by atoms with Gasteiger partial charge in [0.05, 0.1) is 11.7 Å². The number of para-hydroxylation sites is 1. The van der Waals surface area contributed by atoms with Gasteiger partial charge in [-0.3, -0.25) is 4.79 Å². The lowest BCUT2D eigenvalue weighted by atomic mass is 10.0. The van der Waals surface area contributed by atoms with Gasteiger partial charge in [0.15, 0.2) is 0 Å². The summed E-state index contributed by atoms with van der Waals surface area (Å²) < 4.78 is 5.75. The molecule has 1 saturated heterocycles. The molecule has 0 spiro atoms. The number of hydrogen-bond donors (Lipinski definition) is 1. The van der Waals surface area contributed by atoms with Crippen LogP contribution in [0, 0.1) is 0 Å². The lowest BCUT2D eigenvalue weighted by Crippen LogP contribution is -2.46. The molecule has 1 fully saturated rings. The van der Waals surface area contributed by atoms with Crippen LogP contribution in [-0.4, -0.2) is 30.1 Å². The fourth-order valence-electron chi connectivity index (χ4n) is 3.46. The zero-order chi connectivity index (χ0) is 17.4. The number of halogens is 2. The van der Waals surface area contributed by atoms with Gasteiger partial charge in [0.2, 0.25) is 0 Å². The van der Waals surface area contributed by atoms with Crippen LogP contribution in [0.3, 0.4) is 0 Å². The fourth-order valence-corrected chi connectivity index (χ4v) is 3.97. The summed E-state index contributed by atoms with van der Waals surface area (Å²) in [5.41, 5.74) is 2.31. The molecule has 2 aromatic rings. The van der Waals surface area contributed by atoms with Crippen molar-refractivity contribution in [3.63, 3.8) is 0 Å². The number of anilines is 1. The minimum absolute atomic E-state index is 0.0131. The zero-order valence-electron chi connectivity index (χ0n) is 13.5. The molecule has 2 aliphatic rings. The van der Waals surface area contributed by atoms with E-state index in [1.165, 1.54) is 0 Å². The molecule has 6 heteroatoms. The Morgan fingerprint density at radius 1 is 1.20 bits per heavy atom. The van der Waals surface area contributed by atoms with Gasteiger partial charge in [-0.15, -0.1) is 0 Å². The highest BCUT2D eigenvalue weighted by molar-refractivity contribution is 6.35. The van der Waals surface area contributed by atoms with Crippen molar-refractivity contribution < 1.29 is 9.53 Å². The van der Waals surface area contributed by atoms with Gasteiger partial charge in [0, 0.05) is 34.4 Å². The van der Waals surface area contributed by atoms with E-state index >= 15 is 0 Å². The quantitative estimate of drug-likeness (QED) is 0.840. The third kappa shape index (κ3) is 3.22. The molecule has 0 aliphatic carbocycles. The maximum absolute atomic E-state index is 13.1. The van der Waals surface area contributed by atoms with Crippen LogP contribution in [0.25, 0.3) is 0 Å². The predicted molar refractivity (Wildman–Crippen MR) is 99.3 cm³/mol. The Morgan fingerprint density at radius 2 is 2.04 bits per heavy atom. The van der Waals surface area contributed by atoms with E-state index in [1.54, 1.807) is 12.1 Å². The molecular weight excluding hydrogens is 359 g/mol. The maximum Gasteiger partial charge on any atom is 0.257 e. The molecular formula is C19H18Cl2N2O2. The average molecular weight is 377 g/mol. The van der Waals surface area contributed by atoms with Gasteiger partial charge in [-0.1, -0.05) is 41.4 Å². The number of hydrogen-bond acceptors (Lipinski definition) is 3. The molecule has 1 N–H and O–H groups in total. The van der Waals surface area contributed by atoms with Crippen LogP contribution in [0.5, 0.6) is 0 Å². The molecule has 0 radical (unpaired) electrons. The van der Waals surface area contributed by atoms with E-state index in [0.29, 0.717) is 22.2 Å².